The van der Waals surface area contributed by atoms with Crippen LogP contribution >= 0.6 is 0 Å². The van der Waals surface area contributed by atoms with Gasteiger partial charge in [0, 0.05) is 30.9 Å². The molecule has 0 amide bonds. The number of aromatic amines is 1. The molecule has 196 valence electrons. The van der Waals surface area contributed by atoms with E-state index in [4.69, 9.17) is 14.2 Å². The molecule has 1 atom stereocenters. The van der Waals surface area contributed by atoms with Crippen LogP contribution in [0.4, 0.5) is 17.6 Å². The number of hydrogen-bond acceptors (Lipinski definition) is 6. The Hall–Kier alpha value is -4.06. The number of aromatic nitrogens is 3. The summed E-state index contributed by atoms with van der Waals surface area (Å²) in [7, 11) is 1.40. The van der Waals surface area contributed by atoms with Gasteiger partial charge in [-0.05, 0) is 48.4 Å². The van der Waals surface area contributed by atoms with E-state index in [1.807, 2.05) is 6.92 Å². The summed E-state index contributed by atoms with van der Waals surface area (Å²) in [6, 6.07) is 11.0. The van der Waals surface area contributed by atoms with Gasteiger partial charge in [0.1, 0.15) is 18.2 Å². The Kier molecular flexibility index (Phi) is 7.67. The molecule has 12 heteroatoms. The summed E-state index contributed by atoms with van der Waals surface area (Å²) < 4.78 is 73.1. The van der Waals surface area contributed by atoms with Gasteiger partial charge in [0.25, 0.3) is 0 Å². The first-order valence-electron chi connectivity index (χ1n) is 11.2. The molecule has 0 aliphatic heterocycles. The van der Waals surface area contributed by atoms with Crippen molar-refractivity contribution in [3.05, 3.63) is 76.6 Å². The van der Waals surface area contributed by atoms with Crippen molar-refractivity contribution in [2.75, 3.05) is 20.3 Å². The second-order valence-electron chi connectivity index (χ2n) is 7.94. The lowest BCUT2D eigenvalue weighted by molar-refractivity contribution is -0.274. The van der Waals surface area contributed by atoms with Crippen LogP contribution in [0.25, 0.3) is 16.8 Å². The molecule has 8 nitrogen and oxygen atoms in total. The number of methoxy groups -OCH3 is 1. The van der Waals surface area contributed by atoms with E-state index in [2.05, 4.69) is 14.9 Å². The molecule has 37 heavy (non-hydrogen) atoms. The number of ether oxygens (including phenoxy) is 4. The lowest BCUT2D eigenvalue weighted by atomic mass is 10.0. The van der Waals surface area contributed by atoms with Crippen LogP contribution in [0.1, 0.15) is 12.5 Å². The number of halogens is 4. The SMILES string of the molecule is CCOC(COc1ccc(F)cc1OC)Cc1cc(-c2ccc(OC(F)(F)F)cc2)cn2c(=O)[nH]nc12. The molecule has 2 heterocycles. The highest BCUT2D eigenvalue weighted by atomic mass is 19.4. The molecule has 2 aromatic heterocycles. The zero-order valence-electron chi connectivity index (χ0n) is 19.8. The molecule has 0 saturated carbocycles. The van der Waals surface area contributed by atoms with E-state index in [1.54, 1.807) is 12.3 Å². The van der Waals surface area contributed by atoms with Gasteiger partial charge in [-0.25, -0.2) is 18.7 Å². The predicted molar refractivity (Wildman–Crippen MR) is 125 cm³/mol. The zero-order chi connectivity index (χ0) is 26.6. The van der Waals surface area contributed by atoms with Crippen molar-refractivity contribution in [1.29, 1.82) is 0 Å². The Morgan fingerprint density at radius 3 is 2.49 bits per heavy atom. The predicted octanol–water partition coefficient (Wildman–Crippen LogP) is 4.76. The smallest absolute Gasteiger partial charge is 0.493 e. The molecule has 0 aliphatic rings. The minimum atomic E-state index is -4.80. The molecule has 0 radical (unpaired) electrons. The van der Waals surface area contributed by atoms with Crippen LogP contribution in [-0.4, -0.2) is 47.4 Å². The molecule has 0 bridgehead atoms. The summed E-state index contributed by atoms with van der Waals surface area (Å²) in [6.45, 7) is 2.28. The number of rotatable bonds is 10. The van der Waals surface area contributed by atoms with Crippen molar-refractivity contribution < 1.29 is 36.5 Å². The van der Waals surface area contributed by atoms with Crippen molar-refractivity contribution in [1.82, 2.24) is 14.6 Å². The summed E-state index contributed by atoms with van der Waals surface area (Å²) in [6.07, 6.45) is -3.45. The van der Waals surface area contributed by atoms with Gasteiger partial charge in [-0.2, -0.15) is 5.10 Å². The number of H-pyrrole nitrogens is 1. The zero-order valence-corrected chi connectivity index (χ0v) is 19.8. The maximum Gasteiger partial charge on any atom is 0.573 e. The fourth-order valence-electron chi connectivity index (χ4n) is 3.83. The van der Waals surface area contributed by atoms with Crippen LogP contribution in [0.5, 0.6) is 17.2 Å². The van der Waals surface area contributed by atoms with Gasteiger partial charge in [-0.3, -0.25) is 0 Å². The Morgan fingerprint density at radius 1 is 1.05 bits per heavy atom. The Balaban J connectivity index is 1.61. The number of fused-ring (bicyclic) bond motifs is 1. The van der Waals surface area contributed by atoms with E-state index >= 15 is 0 Å². The minimum Gasteiger partial charge on any atom is -0.493 e. The average Bonchev–Trinajstić information content (AvgIpc) is 3.23. The van der Waals surface area contributed by atoms with E-state index in [0.29, 0.717) is 34.7 Å². The fourth-order valence-corrected chi connectivity index (χ4v) is 3.83. The van der Waals surface area contributed by atoms with Gasteiger partial charge >= 0.3 is 12.1 Å². The number of benzene rings is 2. The number of hydrogen-bond donors (Lipinski definition) is 1. The first kappa shape index (κ1) is 26.0. The van der Waals surface area contributed by atoms with Crippen LogP contribution in [-0.2, 0) is 11.2 Å². The lowest BCUT2D eigenvalue weighted by Crippen LogP contribution is -2.25. The van der Waals surface area contributed by atoms with Crippen molar-refractivity contribution in [2.24, 2.45) is 0 Å². The van der Waals surface area contributed by atoms with E-state index < -0.39 is 24.0 Å². The molecule has 4 aromatic rings. The van der Waals surface area contributed by atoms with Crippen molar-refractivity contribution in [2.45, 2.75) is 25.8 Å². The summed E-state index contributed by atoms with van der Waals surface area (Å²) in [4.78, 5) is 12.3. The summed E-state index contributed by atoms with van der Waals surface area (Å²) in [5, 5.41) is 6.50. The highest BCUT2D eigenvalue weighted by Gasteiger charge is 2.31. The van der Waals surface area contributed by atoms with E-state index in [-0.39, 0.29) is 24.5 Å². The minimum absolute atomic E-state index is 0.0877. The standard InChI is InChI=1S/C25H23F4N3O5/c1-3-35-20(14-36-21-9-6-18(26)12-22(21)34-2)11-16-10-17(13-32-23(16)30-31-24(32)33)15-4-7-19(8-5-15)37-25(27,28)29/h4-10,12-13,20H,3,11,14H2,1-2H3,(H,31,33). The number of nitrogens with zero attached hydrogens (tertiary/aromatic N) is 2. The summed E-state index contributed by atoms with van der Waals surface area (Å²) in [5.41, 5.74) is 1.66. The Bertz CT molecular complexity index is 1420. The van der Waals surface area contributed by atoms with Crippen molar-refractivity contribution >= 4 is 5.65 Å². The van der Waals surface area contributed by atoms with E-state index in [1.165, 1.54) is 54.0 Å². The maximum absolute atomic E-state index is 13.5. The van der Waals surface area contributed by atoms with Crippen LogP contribution < -0.4 is 19.9 Å². The third-order valence-electron chi connectivity index (χ3n) is 5.41. The van der Waals surface area contributed by atoms with Gasteiger partial charge < -0.3 is 18.9 Å². The van der Waals surface area contributed by atoms with Crippen LogP contribution in [0.2, 0.25) is 0 Å². The van der Waals surface area contributed by atoms with E-state index in [9.17, 15) is 22.4 Å². The Labute approximate surface area is 208 Å². The lowest BCUT2D eigenvalue weighted by Gasteiger charge is -2.19. The number of alkyl halides is 3. The van der Waals surface area contributed by atoms with E-state index in [0.717, 1.165) is 0 Å². The van der Waals surface area contributed by atoms with Crippen molar-refractivity contribution in [3.8, 4) is 28.4 Å². The van der Waals surface area contributed by atoms with Gasteiger partial charge in [0.15, 0.2) is 17.1 Å². The van der Waals surface area contributed by atoms with Crippen molar-refractivity contribution in [3.63, 3.8) is 0 Å². The van der Waals surface area contributed by atoms with Crippen LogP contribution in [0.15, 0.2) is 59.5 Å². The number of pyridine rings is 1. The molecular formula is C25H23F4N3O5. The fraction of sp³-hybridized carbons (Fsp3) is 0.280. The van der Waals surface area contributed by atoms with Gasteiger partial charge in [-0.15, -0.1) is 13.2 Å². The molecular weight excluding hydrogens is 498 g/mol. The normalized spacial score (nSPS) is 12.5. The Morgan fingerprint density at radius 2 is 1.81 bits per heavy atom. The van der Waals surface area contributed by atoms with Crippen LogP contribution in [0.3, 0.4) is 0 Å². The third kappa shape index (κ3) is 6.39. The molecule has 0 spiro atoms. The monoisotopic (exact) mass is 521 g/mol. The molecule has 0 aliphatic carbocycles. The highest BCUT2D eigenvalue weighted by molar-refractivity contribution is 5.67. The molecule has 0 saturated heterocycles. The second-order valence-corrected chi connectivity index (χ2v) is 7.94. The van der Waals surface area contributed by atoms with Gasteiger partial charge in [0.05, 0.1) is 13.2 Å². The highest BCUT2D eigenvalue weighted by Crippen LogP contribution is 2.30. The number of nitrogens with one attached hydrogen (secondary N) is 1. The molecule has 4 rings (SSSR count). The average molecular weight is 521 g/mol. The topological polar surface area (TPSA) is 87.1 Å². The molecule has 2 aromatic carbocycles. The molecule has 1 unspecified atom stereocenters. The summed E-state index contributed by atoms with van der Waals surface area (Å²) in [5.74, 6) is -0.254. The first-order chi connectivity index (χ1) is 17.7. The quantitative estimate of drug-likeness (QED) is 0.303. The van der Waals surface area contributed by atoms with Gasteiger partial charge in [-0.1, -0.05) is 12.1 Å². The maximum atomic E-state index is 13.5. The summed E-state index contributed by atoms with van der Waals surface area (Å²) >= 11 is 0. The third-order valence-corrected chi connectivity index (χ3v) is 5.41. The largest absolute Gasteiger partial charge is 0.573 e. The molecule has 1 N–H and O–H groups in total. The van der Waals surface area contributed by atoms with Crippen LogP contribution in [0, 0.1) is 5.82 Å². The molecule has 0 fully saturated rings. The second kappa shape index (κ2) is 10.9. The van der Waals surface area contributed by atoms with Gasteiger partial charge in [0.2, 0.25) is 0 Å². The first-order valence-corrected chi connectivity index (χ1v) is 11.2.